The number of amides is 4. The van der Waals surface area contributed by atoms with Crippen molar-refractivity contribution >= 4 is 17.8 Å². The van der Waals surface area contributed by atoms with E-state index in [0.29, 0.717) is 6.54 Å². The third-order valence-electron chi connectivity index (χ3n) is 2.22. The highest BCUT2D eigenvalue weighted by Crippen LogP contribution is 2.02. The molecular formula is C9H10N4O3. The molecular weight excluding hydrogens is 212 g/mol. The van der Waals surface area contributed by atoms with E-state index in [1.54, 1.807) is 23.1 Å². The van der Waals surface area contributed by atoms with E-state index in [2.05, 4.69) is 10.4 Å². The van der Waals surface area contributed by atoms with Gasteiger partial charge in [-0.3, -0.25) is 24.5 Å². The highest BCUT2D eigenvalue weighted by molar-refractivity contribution is 6.14. The summed E-state index contributed by atoms with van der Waals surface area (Å²) in [6.45, 7) is 0.625. The summed E-state index contributed by atoms with van der Waals surface area (Å²) in [5.41, 5.74) is 0. The summed E-state index contributed by atoms with van der Waals surface area (Å²) < 4.78 is 1.61. The second-order valence-corrected chi connectivity index (χ2v) is 3.34. The zero-order chi connectivity index (χ0) is 11.5. The van der Waals surface area contributed by atoms with Crippen molar-refractivity contribution in [2.45, 2.75) is 13.0 Å². The van der Waals surface area contributed by atoms with Crippen LogP contribution < -0.4 is 5.32 Å². The van der Waals surface area contributed by atoms with Crippen LogP contribution >= 0.6 is 0 Å². The molecule has 1 fully saturated rings. The molecule has 1 aromatic rings. The van der Waals surface area contributed by atoms with Crippen molar-refractivity contribution in [1.82, 2.24) is 20.0 Å². The Kier molecular flexibility index (Phi) is 2.67. The Bertz CT molecular complexity index is 406. The van der Waals surface area contributed by atoms with Crippen molar-refractivity contribution in [1.29, 1.82) is 0 Å². The molecule has 0 radical (unpaired) electrons. The molecule has 84 valence electrons. The Labute approximate surface area is 91.0 Å². The first-order valence-electron chi connectivity index (χ1n) is 4.78. The van der Waals surface area contributed by atoms with Gasteiger partial charge < -0.3 is 0 Å². The molecule has 0 saturated carbocycles. The topological polar surface area (TPSA) is 84.3 Å². The number of carbonyl (C=O) groups is 3. The molecule has 1 aliphatic rings. The summed E-state index contributed by atoms with van der Waals surface area (Å²) in [5, 5.41) is 6.03. The van der Waals surface area contributed by atoms with Gasteiger partial charge in [-0.2, -0.15) is 5.10 Å². The van der Waals surface area contributed by atoms with Crippen LogP contribution in [0.15, 0.2) is 18.5 Å². The van der Waals surface area contributed by atoms with Crippen LogP contribution in [0.4, 0.5) is 4.79 Å². The Balaban J connectivity index is 1.96. The molecule has 2 heterocycles. The molecule has 0 unspecified atom stereocenters. The minimum Gasteiger partial charge on any atom is -0.277 e. The number of barbiturate groups is 1. The second-order valence-electron chi connectivity index (χ2n) is 3.34. The van der Waals surface area contributed by atoms with Gasteiger partial charge >= 0.3 is 6.03 Å². The molecule has 0 aliphatic carbocycles. The van der Waals surface area contributed by atoms with E-state index < -0.39 is 17.8 Å². The average molecular weight is 222 g/mol. The highest BCUT2D eigenvalue weighted by Gasteiger charge is 2.30. The van der Waals surface area contributed by atoms with Crippen LogP contribution in [0.2, 0.25) is 0 Å². The lowest BCUT2D eigenvalue weighted by atomic mass is 10.3. The minimum atomic E-state index is -0.659. The van der Waals surface area contributed by atoms with Crippen LogP contribution in [-0.2, 0) is 16.1 Å². The second kappa shape index (κ2) is 4.13. The summed E-state index contributed by atoms with van der Waals surface area (Å²) in [7, 11) is 0. The van der Waals surface area contributed by atoms with Gasteiger partial charge in [0.15, 0.2) is 0 Å². The Morgan fingerprint density at radius 2 is 2.12 bits per heavy atom. The third kappa shape index (κ3) is 2.08. The van der Waals surface area contributed by atoms with E-state index in [-0.39, 0.29) is 13.0 Å². The zero-order valence-electron chi connectivity index (χ0n) is 8.42. The zero-order valence-corrected chi connectivity index (χ0v) is 8.42. The Morgan fingerprint density at radius 3 is 2.75 bits per heavy atom. The van der Waals surface area contributed by atoms with Crippen LogP contribution in [0.3, 0.4) is 0 Å². The molecule has 0 bridgehead atoms. The van der Waals surface area contributed by atoms with Gasteiger partial charge in [-0.25, -0.2) is 4.79 Å². The maximum atomic E-state index is 11.4. The monoisotopic (exact) mass is 222 g/mol. The fraction of sp³-hybridized carbons (Fsp3) is 0.333. The first kappa shape index (κ1) is 10.3. The maximum Gasteiger partial charge on any atom is 0.330 e. The molecule has 1 saturated heterocycles. The lowest BCUT2D eigenvalue weighted by Gasteiger charge is -2.24. The average Bonchev–Trinajstić information content (AvgIpc) is 2.68. The van der Waals surface area contributed by atoms with Crippen LogP contribution in [0.1, 0.15) is 6.42 Å². The molecule has 1 aliphatic heterocycles. The van der Waals surface area contributed by atoms with E-state index in [1.165, 1.54) is 0 Å². The Morgan fingerprint density at radius 1 is 1.31 bits per heavy atom. The lowest BCUT2D eigenvalue weighted by Crippen LogP contribution is -2.53. The predicted molar refractivity (Wildman–Crippen MR) is 52.1 cm³/mol. The molecule has 7 heteroatoms. The maximum absolute atomic E-state index is 11.4. The number of imide groups is 2. The van der Waals surface area contributed by atoms with E-state index in [1.807, 2.05) is 0 Å². The number of urea groups is 1. The standard InChI is InChI=1S/C9H10N4O3/c14-7-6-8(15)13(9(16)11-7)5-4-12-3-1-2-10-12/h1-3H,4-6H2,(H,11,14,16). The fourth-order valence-corrected chi connectivity index (χ4v) is 1.44. The van der Waals surface area contributed by atoms with Gasteiger partial charge in [-0.05, 0) is 6.07 Å². The molecule has 0 atom stereocenters. The molecule has 4 amide bonds. The van der Waals surface area contributed by atoms with Gasteiger partial charge in [0.1, 0.15) is 6.42 Å². The number of nitrogens with one attached hydrogen (secondary N) is 1. The lowest BCUT2D eigenvalue weighted by molar-refractivity contribution is -0.136. The van der Waals surface area contributed by atoms with Gasteiger partial charge in [0.25, 0.3) is 0 Å². The van der Waals surface area contributed by atoms with E-state index in [9.17, 15) is 14.4 Å². The SMILES string of the molecule is O=C1CC(=O)N(CCn2cccn2)C(=O)N1. The number of rotatable bonds is 3. The molecule has 1 aromatic heterocycles. The van der Waals surface area contributed by atoms with Crippen LogP contribution in [0, 0.1) is 0 Å². The molecule has 16 heavy (non-hydrogen) atoms. The third-order valence-corrected chi connectivity index (χ3v) is 2.22. The van der Waals surface area contributed by atoms with Crippen molar-refractivity contribution in [2.24, 2.45) is 0 Å². The van der Waals surface area contributed by atoms with Gasteiger partial charge in [0.05, 0.1) is 13.1 Å². The first-order chi connectivity index (χ1) is 7.66. The summed E-state index contributed by atoms with van der Waals surface area (Å²) in [6, 6.07) is 1.09. The largest absolute Gasteiger partial charge is 0.330 e. The number of hydrogen-bond donors (Lipinski definition) is 1. The number of nitrogens with zero attached hydrogens (tertiary/aromatic N) is 3. The summed E-state index contributed by atoms with van der Waals surface area (Å²) in [6.07, 6.45) is 3.07. The van der Waals surface area contributed by atoms with Crippen molar-refractivity contribution < 1.29 is 14.4 Å². The van der Waals surface area contributed by atoms with E-state index >= 15 is 0 Å². The number of carbonyl (C=O) groups excluding carboxylic acids is 3. The van der Waals surface area contributed by atoms with Gasteiger partial charge in [-0.1, -0.05) is 0 Å². The molecule has 2 rings (SSSR count). The van der Waals surface area contributed by atoms with Gasteiger partial charge in [0.2, 0.25) is 11.8 Å². The molecule has 1 N–H and O–H groups in total. The van der Waals surface area contributed by atoms with Gasteiger partial charge in [-0.15, -0.1) is 0 Å². The smallest absolute Gasteiger partial charge is 0.277 e. The number of hydrogen-bond acceptors (Lipinski definition) is 4. The molecule has 7 nitrogen and oxygen atoms in total. The quantitative estimate of drug-likeness (QED) is 0.689. The molecule has 0 aromatic carbocycles. The Hall–Kier alpha value is -2.18. The van der Waals surface area contributed by atoms with Crippen molar-refractivity contribution in [3.8, 4) is 0 Å². The summed E-state index contributed by atoms with van der Waals surface area (Å²) >= 11 is 0. The van der Waals surface area contributed by atoms with Crippen molar-refractivity contribution in [2.75, 3.05) is 6.54 Å². The van der Waals surface area contributed by atoms with E-state index in [4.69, 9.17) is 0 Å². The fourth-order valence-electron chi connectivity index (χ4n) is 1.44. The van der Waals surface area contributed by atoms with Gasteiger partial charge in [0, 0.05) is 12.4 Å². The van der Waals surface area contributed by atoms with Crippen LogP contribution in [0.5, 0.6) is 0 Å². The van der Waals surface area contributed by atoms with Crippen molar-refractivity contribution in [3.63, 3.8) is 0 Å². The van der Waals surface area contributed by atoms with Crippen molar-refractivity contribution in [3.05, 3.63) is 18.5 Å². The summed E-state index contributed by atoms with van der Waals surface area (Å²) in [4.78, 5) is 34.6. The normalized spacial score (nSPS) is 16.5. The van der Waals surface area contributed by atoms with Crippen LogP contribution in [-0.4, -0.2) is 39.1 Å². The molecule has 0 spiro atoms. The van der Waals surface area contributed by atoms with Crippen LogP contribution in [0.25, 0.3) is 0 Å². The van der Waals surface area contributed by atoms with E-state index in [0.717, 1.165) is 4.90 Å². The minimum absolute atomic E-state index is 0.208. The first-order valence-corrected chi connectivity index (χ1v) is 4.78. The number of aromatic nitrogens is 2. The highest BCUT2D eigenvalue weighted by atomic mass is 16.2. The summed E-state index contributed by atoms with van der Waals surface area (Å²) in [5.74, 6) is -1.02. The predicted octanol–water partition coefficient (Wildman–Crippen LogP) is -0.648.